The molecule has 0 radical (unpaired) electrons. The summed E-state index contributed by atoms with van der Waals surface area (Å²) in [5.41, 5.74) is 3.63. The number of rotatable bonds is 5. The number of aromatic nitrogens is 2. The Morgan fingerprint density at radius 2 is 1.62 bits per heavy atom. The number of nitrogens with one attached hydrogen (secondary N) is 2. The van der Waals surface area contributed by atoms with E-state index in [0.29, 0.717) is 22.3 Å². The molecular weight excluding hydrogens is 400 g/mol. The number of hydrogen-bond donors (Lipinski definition) is 2. The van der Waals surface area contributed by atoms with Gasteiger partial charge in [0.15, 0.2) is 10.4 Å². The molecule has 0 saturated carbocycles. The number of amides is 2. The van der Waals surface area contributed by atoms with E-state index in [2.05, 4.69) is 36.5 Å². The van der Waals surface area contributed by atoms with E-state index in [4.69, 9.17) is 4.42 Å². The fourth-order valence-electron chi connectivity index (χ4n) is 2.35. The molecule has 0 aliphatic carbocycles. The van der Waals surface area contributed by atoms with Gasteiger partial charge in [0.25, 0.3) is 11.8 Å². The number of carbonyl (C=O) groups excluding carboxylic acids is 2. The molecule has 0 aliphatic heterocycles. The lowest BCUT2D eigenvalue weighted by Gasteiger charge is -2.08. The van der Waals surface area contributed by atoms with Crippen molar-refractivity contribution in [1.29, 1.82) is 0 Å². The Morgan fingerprint density at radius 1 is 0.962 bits per heavy atom. The molecule has 7 nitrogen and oxygen atoms in total. The van der Waals surface area contributed by atoms with E-state index in [0.717, 1.165) is 16.9 Å². The quantitative estimate of drug-likeness (QED) is 0.623. The summed E-state index contributed by atoms with van der Waals surface area (Å²) in [6.45, 7) is 4.37. The first kappa shape index (κ1) is 18.1. The molecule has 26 heavy (non-hydrogen) atoms. The van der Waals surface area contributed by atoms with Crippen LogP contribution in [-0.4, -0.2) is 34.9 Å². The van der Waals surface area contributed by atoms with Crippen LogP contribution < -0.4 is 10.6 Å². The first-order chi connectivity index (χ1) is 12.4. The predicted molar refractivity (Wildman–Crippen MR) is 100 cm³/mol. The van der Waals surface area contributed by atoms with Crippen LogP contribution in [0.1, 0.15) is 32.3 Å². The summed E-state index contributed by atoms with van der Waals surface area (Å²) in [6.07, 6.45) is 0. The highest BCUT2D eigenvalue weighted by Gasteiger charge is 2.11. The number of halogens is 1. The van der Waals surface area contributed by atoms with E-state index in [9.17, 15) is 9.59 Å². The first-order valence-electron chi connectivity index (χ1n) is 8.01. The second kappa shape index (κ2) is 7.65. The molecule has 8 heteroatoms. The molecule has 1 aromatic carbocycles. The summed E-state index contributed by atoms with van der Waals surface area (Å²) in [7, 11) is 0. The van der Waals surface area contributed by atoms with Crippen molar-refractivity contribution in [3.05, 3.63) is 57.7 Å². The highest BCUT2D eigenvalue weighted by atomic mass is 79.9. The van der Waals surface area contributed by atoms with Crippen molar-refractivity contribution in [2.45, 2.75) is 13.8 Å². The van der Waals surface area contributed by atoms with E-state index in [1.807, 2.05) is 13.8 Å². The van der Waals surface area contributed by atoms with Crippen LogP contribution in [0.5, 0.6) is 0 Å². The van der Waals surface area contributed by atoms with Gasteiger partial charge in [0.05, 0.1) is 22.4 Å². The van der Waals surface area contributed by atoms with Gasteiger partial charge in [-0.05, 0) is 60.1 Å². The van der Waals surface area contributed by atoms with Crippen molar-refractivity contribution in [2.24, 2.45) is 0 Å². The van der Waals surface area contributed by atoms with Crippen LogP contribution in [0.25, 0.3) is 11.0 Å². The van der Waals surface area contributed by atoms with Crippen LogP contribution in [0, 0.1) is 13.8 Å². The molecule has 0 saturated heterocycles. The average Bonchev–Trinajstić information content (AvgIpc) is 3.05. The van der Waals surface area contributed by atoms with E-state index in [1.165, 1.54) is 0 Å². The Hall–Kier alpha value is -2.74. The highest BCUT2D eigenvalue weighted by molar-refractivity contribution is 9.10. The summed E-state index contributed by atoms with van der Waals surface area (Å²) in [5.74, 6) is -0.360. The van der Waals surface area contributed by atoms with E-state index < -0.39 is 0 Å². The summed E-state index contributed by atoms with van der Waals surface area (Å²) < 4.78 is 5.64. The molecule has 0 aliphatic rings. The molecule has 0 spiro atoms. The number of carbonyl (C=O) groups is 2. The van der Waals surface area contributed by atoms with Crippen molar-refractivity contribution in [3.8, 4) is 0 Å². The van der Waals surface area contributed by atoms with Gasteiger partial charge in [-0.1, -0.05) is 0 Å². The molecule has 0 fully saturated rings. The van der Waals surface area contributed by atoms with Gasteiger partial charge >= 0.3 is 0 Å². The Labute approximate surface area is 158 Å². The molecule has 3 rings (SSSR count). The fraction of sp³-hybridized carbons (Fsp3) is 0.222. The Kier molecular flexibility index (Phi) is 5.32. The van der Waals surface area contributed by atoms with E-state index in [1.54, 1.807) is 30.3 Å². The molecule has 2 amide bonds. The van der Waals surface area contributed by atoms with Gasteiger partial charge in [0, 0.05) is 18.7 Å². The minimum Gasteiger partial charge on any atom is -0.444 e. The minimum absolute atomic E-state index is 0.210. The SMILES string of the molecule is Cc1nc2ccc(C(=O)NCCNC(=O)c3ccc(Br)o3)cc2nc1C. The molecule has 134 valence electrons. The lowest BCUT2D eigenvalue weighted by molar-refractivity contribution is 0.0910. The average molecular weight is 417 g/mol. The second-order valence-electron chi connectivity index (χ2n) is 5.71. The third-order valence-corrected chi connectivity index (χ3v) is 4.26. The monoisotopic (exact) mass is 416 g/mol. The van der Waals surface area contributed by atoms with E-state index >= 15 is 0 Å². The Morgan fingerprint density at radius 3 is 2.27 bits per heavy atom. The fourth-order valence-corrected chi connectivity index (χ4v) is 2.66. The third-order valence-electron chi connectivity index (χ3n) is 3.83. The van der Waals surface area contributed by atoms with Gasteiger partial charge in [-0.25, -0.2) is 9.97 Å². The van der Waals surface area contributed by atoms with Crippen LogP contribution in [0.3, 0.4) is 0 Å². The molecular formula is C18H17BrN4O3. The molecule has 2 N–H and O–H groups in total. The Bertz CT molecular complexity index is 984. The van der Waals surface area contributed by atoms with Gasteiger partial charge in [-0.15, -0.1) is 0 Å². The third kappa shape index (κ3) is 4.08. The maximum absolute atomic E-state index is 12.3. The topological polar surface area (TPSA) is 97.1 Å². The minimum atomic E-state index is -0.336. The maximum Gasteiger partial charge on any atom is 0.287 e. The van der Waals surface area contributed by atoms with Gasteiger partial charge in [0.1, 0.15) is 0 Å². The normalized spacial score (nSPS) is 10.7. The number of hydrogen-bond acceptors (Lipinski definition) is 5. The van der Waals surface area contributed by atoms with Crippen molar-refractivity contribution in [1.82, 2.24) is 20.6 Å². The summed E-state index contributed by atoms with van der Waals surface area (Å²) in [4.78, 5) is 33.0. The lowest BCUT2D eigenvalue weighted by atomic mass is 10.1. The number of nitrogens with zero attached hydrogens (tertiary/aromatic N) is 2. The number of benzene rings is 1. The standard InChI is InChI=1S/C18H17BrN4O3/c1-10-11(2)23-14-9-12(3-4-13(14)22-10)17(24)20-7-8-21-18(25)15-5-6-16(19)26-15/h3-6,9H,7-8H2,1-2H3,(H,20,24)(H,21,25). The second-order valence-corrected chi connectivity index (χ2v) is 6.50. The lowest BCUT2D eigenvalue weighted by Crippen LogP contribution is -2.34. The van der Waals surface area contributed by atoms with Gasteiger partial charge in [0.2, 0.25) is 0 Å². The summed E-state index contributed by atoms with van der Waals surface area (Å²) in [6, 6.07) is 8.41. The summed E-state index contributed by atoms with van der Waals surface area (Å²) >= 11 is 3.14. The van der Waals surface area contributed by atoms with Gasteiger partial charge in [-0.3, -0.25) is 9.59 Å². The zero-order chi connectivity index (χ0) is 18.7. The molecule has 2 aromatic heterocycles. The van der Waals surface area contributed by atoms with Crippen LogP contribution in [0.15, 0.2) is 39.4 Å². The zero-order valence-electron chi connectivity index (χ0n) is 14.3. The van der Waals surface area contributed by atoms with E-state index in [-0.39, 0.29) is 24.1 Å². The molecule has 2 heterocycles. The molecule has 0 unspecified atom stereocenters. The molecule has 0 atom stereocenters. The molecule has 0 bridgehead atoms. The smallest absolute Gasteiger partial charge is 0.287 e. The number of furan rings is 1. The van der Waals surface area contributed by atoms with Gasteiger partial charge in [-0.2, -0.15) is 0 Å². The van der Waals surface area contributed by atoms with Crippen molar-refractivity contribution in [3.63, 3.8) is 0 Å². The van der Waals surface area contributed by atoms with Crippen LogP contribution >= 0.6 is 15.9 Å². The molecule has 3 aromatic rings. The van der Waals surface area contributed by atoms with Gasteiger partial charge < -0.3 is 15.1 Å². The number of fused-ring (bicyclic) bond motifs is 1. The van der Waals surface area contributed by atoms with Crippen LogP contribution in [-0.2, 0) is 0 Å². The largest absolute Gasteiger partial charge is 0.444 e. The first-order valence-corrected chi connectivity index (χ1v) is 8.80. The van der Waals surface area contributed by atoms with Crippen molar-refractivity contribution < 1.29 is 14.0 Å². The Balaban J connectivity index is 1.55. The maximum atomic E-state index is 12.3. The zero-order valence-corrected chi connectivity index (χ0v) is 15.9. The number of aryl methyl sites for hydroxylation is 2. The summed E-state index contributed by atoms with van der Waals surface area (Å²) in [5, 5.41) is 5.43. The highest BCUT2D eigenvalue weighted by Crippen LogP contribution is 2.15. The van der Waals surface area contributed by atoms with Crippen molar-refractivity contribution in [2.75, 3.05) is 13.1 Å². The van der Waals surface area contributed by atoms with Crippen LogP contribution in [0.2, 0.25) is 0 Å². The van der Waals surface area contributed by atoms with Crippen LogP contribution in [0.4, 0.5) is 0 Å². The van der Waals surface area contributed by atoms with Crippen molar-refractivity contribution >= 4 is 38.8 Å². The predicted octanol–water partition coefficient (Wildman–Crippen LogP) is 2.76.